The van der Waals surface area contributed by atoms with Gasteiger partial charge in [-0.05, 0) is 61.7 Å². The summed E-state index contributed by atoms with van der Waals surface area (Å²) in [5.74, 6) is 2.65. The van der Waals surface area contributed by atoms with E-state index in [4.69, 9.17) is 14.6 Å². The van der Waals surface area contributed by atoms with Crippen molar-refractivity contribution in [1.82, 2.24) is 14.8 Å². The number of allylic oxidation sites excluding steroid dienone is 2. The highest BCUT2D eigenvalue weighted by atomic mass is 16.5. The quantitative estimate of drug-likeness (QED) is 0.627. The lowest BCUT2D eigenvalue weighted by molar-refractivity contribution is -0.116. The molecule has 2 N–H and O–H groups in total. The average molecular weight is 432 g/mol. The Labute approximate surface area is 185 Å². The zero-order valence-corrected chi connectivity index (χ0v) is 18.0. The molecule has 0 spiro atoms. The first-order valence-corrected chi connectivity index (χ1v) is 10.7. The second-order valence-electron chi connectivity index (χ2n) is 7.79. The number of phenols is 1. The predicted octanol–water partition coefficient (Wildman–Crippen LogP) is 4.08. The fourth-order valence-electron chi connectivity index (χ4n) is 4.33. The molecule has 3 aromatic rings. The Morgan fingerprint density at radius 2 is 1.97 bits per heavy atom. The third-order valence-electron chi connectivity index (χ3n) is 5.80. The van der Waals surface area contributed by atoms with Crippen molar-refractivity contribution in [3.05, 3.63) is 59.3 Å². The Morgan fingerprint density at radius 3 is 2.72 bits per heavy atom. The molecule has 0 bridgehead atoms. The second kappa shape index (κ2) is 8.03. The molecule has 0 radical (unpaired) electrons. The molecule has 32 heavy (non-hydrogen) atoms. The van der Waals surface area contributed by atoms with E-state index in [1.54, 1.807) is 36.1 Å². The third-order valence-corrected chi connectivity index (χ3v) is 5.80. The number of hydrogen-bond donors (Lipinski definition) is 2. The summed E-state index contributed by atoms with van der Waals surface area (Å²) in [4.78, 5) is 17.7. The molecule has 0 amide bonds. The van der Waals surface area contributed by atoms with Crippen LogP contribution in [0.1, 0.15) is 37.8 Å². The zero-order valence-electron chi connectivity index (χ0n) is 18.0. The van der Waals surface area contributed by atoms with E-state index < -0.39 is 6.04 Å². The number of anilines is 1. The van der Waals surface area contributed by atoms with Gasteiger partial charge in [0.1, 0.15) is 11.8 Å². The SMILES string of the molecule is CCOc1ccc(C2C3=C(CCCC3=O)Nc3nc(-c4ccc(O)cc4)nn32)cc1OC. The largest absolute Gasteiger partial charge is 0.508 e. The van der Waals surface area contributed by atoms with Crippen molar-refractivity contribution in [3.8, 4) is 28.6 Å². The van der Waals surface area contributed by atoms with Gasteiger partial charge in [0.2, 0.25) is 5.95 Å². The monoisotopic (exact) mass is 432 g/mol. The normalized spacial score (nSPS) is 17.4. The number of Topliss-reactive ketones (excluding diaryl/α,β-unsaturated/α-hetero) is 1. The number of aromatic nitrogens is 3. The van der Waals surface area contributed by atoms with Crippen molar-refractivity contribution in [2.45, 2.75) is 32.2 Å². The lowest BCUT2D eigenvalue weighted by atomic mass is 9.85. The number of benzene rings is 2. The highest BCUT2D eigenvalue weighted by Gasteiger charge is 2.37. The van der Waals surface area contributed by atoms with Gasteiger partial charge < -0.3 is 19.9 Å². The number of ketones is 1. The van der Waals surface area contributed by atoms with Gasteiger partial charge >= 0.3 is 0 Å². The van der Waals surface area contributed by atoms with E-state index in [-0.39, 0.29) is 11.5 Å². The summed E-state index contributed by atoms with van der Waals surface area (Å²) < 4.78 is 13.0. The third kappa shape index (κ3) is 3.37. The number of nitrogens with zero attached hydrogens (tertiary/aromatic N) is 3. The van der Waals surface area contributed by atoms with E-state index in [0.29, 0.717) is 36.3 Å². The van der Waals surface area contributed by atoms with Gasteiger partial charge in [0.15, 0.2) is 23.1 Å². The van der Waals surface area contributed by atoms with Crippen LogP contribution in [0.25, 0.3) is 11.4 Å². The van der Waals surface area contributed by atoms with Crippen LogP contribution < -0.4 is 14.8 Å². The summed E-state index contributed by atoms with van der Waals surface area (Å²) in [6, 6.07) is 12.0. The highest BCUT2D eigenvalue weighted by Crippen LogP contribution is 2.42. The molecule has 1 aromatic heterocycles. The van der Waals surface area contributed by atoms with Crippen molar-refractivity contribution in [3.63, 3.8) is 0 Å². The fourth-order valence-corrected chi connectivity index (χ4v) is 4.33. The number of aromatic hydroxyl groups is 1. The van der Waals surface area contributed by atoms with Crippen molar-refractivity contribution >= 4 is 11.7 Å². The molecule has 0 saturated heterocycles. The molecule has 164 valence electrons. The lowest BCUT2D eigenvalue weighted by Gasteiger charge is -2.32. The Kier molecular flexibility index (Phi) is 5.05. The number of methoxy groups -OCH3 is 1. The summed E-state index contributed by atoms with van der Waals surface area (Å²) in [6.07, 6.45) is 2.11. The molecular formula is C24H24N4O4. The Bertz CT molecular complexity index is 1210. The molecular weight excluding hydrogens is 408 g/mol. The summed E-state index contributed by atoms with van der Waals surface area (Å²) in [5, 5.41) is 17.7. The Hall–Kier alpha value is -3.81. The molecule has 2 aliphatic rings. The fraction of sp³-hybridized carbons (Fsp3) is 0.292. The smallest absolute Gasteiger partial charge is 0.226 e. The number of carbonyl (C=O) groups excluding carboxylic acids is 1. The van der Waals surface area contributed by atoms with Crippen LogP contribution in [0.4, 0.5) is 5.95 Å². The summed E-state index contributed by atoms with van der Waals surface area (Å²) >= 11 is 0. The average Bonchev–Trinajstić information content (AvgIpc) is 3.22. The molecule has 1 atom stereocenters. The van der Waals surface area contributed by atoms with Gasteiger partial charge in [-0.2, -0.15) is 4.98 Å². The van der Waals surface area contributed by atoms with Crippen LogP contribution in [-0.2, 0) is 4.79 Å². The molecule has 8 heteroatoms. The van der Waals surface area contributed by atoms with E-state index >= 15 is 0 Å². The van der Waals surface area contributed by atoms with E-state index in [9.17, 15) is 9.90 Å². The summed E-state index contributed by atoms with van der Waals surface area (Å²) in [6.45, 7) is 2.45. The van der Waals surface area contributed by atoms with Crippen LogP contribution >= 0.6 is 0 Å². The molecule has 1 aliphatic heterocycles. The van der Waals surface area contributed by atoms with Gasteiger partial charge in [0, 0.05) is 23.3 Å². The molecule has 1 aliphatic carbocycles. The van der Waals surface area contributed by atoms with E-state index in [2.05, 4.69) is 10.3 Å². The van der Waals surface area contributed by atoms with Gasteiger partial charge in [0.05, 0.1) is 13.7 Å². The number of phenolic OH excluding ortho intramolecular Hbond substituents is 1. The standard InChI is InChI=1S/C24H24N4O4/c1-3-32-19-12-9-15(13-20(19)31-2)22-21-17(5-4-6-18(21)30)25-24-26-23(27-28(22)24)14-7-10-16(29)11-8-14/h7-13,22,29H,3-6H2,1-2H3,(H,25,26,27). The first-order chi connectivity index (χ1) is 15.6. The Balaban J connectivity index is 1.65. The first kappa shape index (κ1) is 20.1. The number of ether oxygens (including phenoxy) is 2. The minimum absolute atomic E-state index is 0.115. The second-order valence-corrected chi connectivity index (χ2v) is 7.79. The van der Waals surface area contributed by atoms with Crippen LogP contribution in [0.2, 0.25) is 0 Å². The maximum absolute atomic E-state index is 13.0. The number of fused-ring (bicyclic) bond motifs is 1. The van der Waals surface area contributed by atoms with Gasteiger partial charge in [0.25, 0.3) is 0 Å². The summed E-state index contributed by atoms with van der Waals surface area (Å²) in [7, 11) is 1.60. The molecule has 2 aromatic carbocycles. The Morgan fingerprint density at radius 1 is 1.16 bits per heavy atom. The maximum atomic E-state index is 13.0. The lowest BCUT2D eigenvalue weighted by Crippen LogP contribution is -2.31. The molecule has 2 heterocycles. The minimum atomic E-state index is -0.419. The van der Waals surface area contributed by atoms with Crippen LogP contribution in [0, 0.1) is 0 Å². The number of hydrogen-bond acceptors (Lipinski definition) is 7. The number of rotatable bonds is 5. The zero-order chi connectivity index (χ0) is 22.2. The van der Waals surface area contributed by atoms with Gasteiger partial charge in [-0.15, -0.1) is 5.10 Å². The first-order valence-electron chi connectivity index (χ1n) is 10.7. The van der Waals surface area contributed by atoms with Crippen LogP contribution in [-0.4, -0.2) is 39.4 Å². The van der Waals surface area contributed by atoms with Crippen LogP contribution in [0.5, 0.6) is 17.2 Å². The van der Waals surface area contributed by atoms with Crippen molar-refractivity contribution < 1.29 is 19.4 Å². The van der Waals surface area contributed by atoms with E-state index in [1.807, 2.05) is 25.1 Å². The highest BCUT2D eigenvalue weighted by molar-refractivity contribution is 5.99. The van der Waals surface area contributed by atoms with Crippen LogP contribution in [0.15, 0.2) is 53.7 Å². The number of nitrogens with one attached hydrogen (secondary N) is 1. The molecule has 8 nitrogen and oxygen atoms in total. The van der Waals surface area contributed by atoms with E-state index in [1.165, 1.54) is 0 Å². The van der Waals surface area contributed by atoms with Crippen molar-refractivity contribution in [2.24, 2.45) is 0 Å². The van der Waals surface area contributed by atoms with Gasteiger partial charge in [-0.1, -0.05) is 6.07 Å². The predicted molar refractivity (Wildman–Crippen MR) is 119 cm³/mol. The number of carbonyl (C=O) groups is 1. The van der Waals surface area contributed by atoms with Gasteiger partial charge in [-0.25, -0.2) is 4.68 Å². The maximum Gasteiger partial charge on any atom is 0.226 e. The summed E-state index contributed by atoms with van der Waals surface area (Å²) in [5.41, 5.74) is 3.27. The van der Waals surface area contributed by atoms with Crippen molar-refractivity contribution in [2.75, 3.05) is 19.0 Å². The van der Waals surface area contributed by atoms with Crippen LogP contribution in [0.3, 0.4) is 0 Å². The molecule has 1 unspecified atom stereocenters. The molecule has 5 rings (SSSR count). The van der Waals surface area contributed by atoms with Crippen molar-refractivity contribution in [1.29, 1.82) is 0 Å². The topological polar surface area (TPSA) is 98.5 Å². The van der Waals surface area contributed by atoms with Gasteiger partial charge in [-0.3, -0.25) is 4.79 Å². The molecule has 0 fully saturated rings. The molecule has 0 saturated carbocycles. The van der Waals surface area contributed by atoms with E-state index in [0.717, 1.165) is 35.2 Å². The minimum Gasteiger partial charge on any atom is -0.508 e.